The first-order valence-corrected chi connectivity index (χ1v) is 6.13. The minimum absolute atomic E-state index is 0.324. The van der Waals surface area contributed by atoms with Gasteiger partial charge in [-0.3, -0.25) is 0 Å². The van der Waals surface area contributed by atoms with Crippen LogP contribution in [0.2, 0.25) is 0 Å². The van der Waals surface area contributed by atoms with Gasteiger partial charge in [-0.15, -0.1) is 0 Å². The third kappa shape index (κ3) is 3.08. The van der Waals surface area contributed by atoms with E-state index in [9.17, 15) is 0 Å². The summed E-state index contributed by atoms with van der Waals surface area (Å²) in [4.78, 5) is 6.70. The Bertz CT molecular complexity index is 356. The Kier molecular flexibility index (Phi) is 4.17. The molecule has 0 spiro atoms. The summed E-state index contributed by atoms with van der Waals surface area (Å²) < 4.78 is 5.68. The maximum atomic E-state index is 5.68. The first-order valence-electron chi connectivity index (χ1n) is 6.13. The van der Waals surface area contributed by atoms with E-state index in [-0.39, 0.29) is 0 Å². The van der Waals surface area contributed by atoms with Crippen molar-refractivity contribution in [3.05, 3.63) is 18.2 Å². The van der Waals surface area contributed by atoms with Crippen molar-refractivity contribution in [1.29, 1.82) is 0 Å². The molecule has 1 atom stereocenters. The molecule has 0 bridgehead atoms. The van der Waals surface area contributed by atoms with Crippen LogP contribution >= 0.6 is 0 Å². The highest BCUT2D eigenvalue weighted by molar-refractivity contribution is 5.46. The number of nitrogens with zero attached hydrogens (tertiary/aromatic N) is 2. The van der Waals surface area contributed by atoms with Crippen LogP contribution in [0.4, 0.5) is 11.6 Å². The van der Waals surface area contributed by atoms with Crippen molar-refractivity contribution in [2.75, 3.05) is 30.0 Å². The quantitative estimate of drug-likeness (QED) is 0.610. The van der Waals surface area contributed by atoms with Crippen LogP contribution in [0.1, 0.15) is 19.8 Å². The number of piperidine rings is 1. The number of ether oxygens (including phenoxy) is 1. The van der Waals surface area contributed by atoms with Gasteiger partial charge in [0.15, 0.2) is 0 Å². The van der Waals surface area contributed by atoms with Crippen molar-refractivity contribution in [3.8, 4) is 0 Å². The molecule has 17 heavy (non-hydrogen) atoms. The van der Waals surface area contributed by atoms with Crippen LogP contribution in [-0.4, -0.2) is 30.8 Å². The number of rotatable bonds is 4. The number of hydrazine groups is 1. The minimum atomic E-state index is 0.324. The maximum Gasteiger partial charge on any atom is 0.142 e. The van der Waals surface area contributed by atoms with Crippen molar-refractivity contribution < 1.29 is 4.74 Å². The lowest BCUT2D eigenvalue weighted by Gasteiger charge is -2.33. The van der Waals surface area contributed by atoms with E-state index in [1.54, 1.807) is 0 Å². The summed E-state index contributed by atoms with van der Waals surface area (Å²) >= 11 is 0. The molecule has 1 saturated heterocycles. The predicted molar refractivity (Wildman–Crippen MR) is 68.9 cm³/mol. The Morgan fingerprint density at radius 2 is 2.47 bits per heavy atom. The molecule has 5 heteroatoms. The van der Waals surface area contributed by atoms with Gasteiger partial charge in [-0.2, -0.15) is 0 Å². The van der Waals surface area contributed by atoms with Crippen LogP contribution in [0.5, 0.6) is 0 Å². The van der Waals surface area contributed by atoms with Crippen molar-refractivity contribution >= 4 is 11.6 Å². The largest absolute Gasteiger partial charge is 0.377 e. The van der Waals surface area contributed by atoms with Crippen LogP contribution in [0.15, 0.2) is 18.2 Å². The molecule has 0 saturated carbocycles. The van der Waals surface area contributed by atoms with E-state index in [0.29, 0.717) is 11.9 Å². The molecule has 2 heterocycles. The molecule has 94 valence electrons. The van der Waals surface area contributed by atoms with Crippen LogP contribution in [0.3, 0.4) is 0 Å². The fourth-order valence-corrected chi connectivity index (χ4v) is 2.20. The summed E-state index contributed by atoms with van der Waals surface area (Å²) in [5.41, 5.74) is 2.57. The number of anilines is 2. The van der Waals surface area contributed by atoms with Gasteiger partial charge >= 0.3 is 0 Å². The Balaban J connectivity index is 2.05. The molecular formula is C12H20N4O. The van der Waals surface area contributed by atoms with E-state index in [1.165, 1.54) is 0 Å². The Morgan fingerprint density at radius 1 is 1.59 bits per heavy atom. The standard InChI is InChI=1S/C12H20N4O/c1-2-17-10-5-4-8-16(9-10)12-7-3-6-11(14-12)15-13/h3,6-7,10H,2,4-5,8-9,13H2,1H3,(H,14,15). The highest BCUT2D eigenvalue weighted by Gasteiger charge is 2.20. The second-order valence-corrected chi connectivity index (χ2v) is 4.19. The van der Waals surface area contributed by atoms with E-state index < -0.39 is 0 Å². The number of nitrogen functional groups attached to an aromatic ring is 1. The molecule has 5 nitrogen and oxygen atoms in total. The molecule has 1 fully saturated rings. The third-order valence-electron chi connectivity index (χ3n) is 2.99. The van der Waals surface area contributed by atoms with Gasteiger partial charge in [0.2, 0.25) is 0 Å². The van der Waals surface area contributed by atoms with Gasteiger partial charge in [-0.25, -0.2) is 10.8 Å². The van der Waals surface area contributed by atoms with E-state index in [4.69, 9.17) is 10.6 Å². The second kappa shape index (κ2) is 5.84. The lowest BCUT2D eigenvalue weighted by Crippen LogP contribution is -2.40. The topological polar surface area (TPSA) is 63.4 Å². The normalized spacial score (nSPS) is 20.4. The van der Waals surface area contributed by atoms with Crippen molar-refractivity contribution in [2.24, 2.45) is 5.84 Å². The molecule has 0 aromatic carbocycles. The molecular weight excluding hydrogens is 216 g/mol. The monoisotopic (exact) mass is 236 g/mol. The predicted octanol–water partition coefficient (Wildman–Crippen LogP) is 1.37. The zero-order valence-electron chi connectivity index (χ0n) is 10.2. The van der Waals surface area contributed by atoms with Crippen molar-refractivity contribution in [1.82, 2.24) is 4.98 Å². The molecule has 1 aromatic rings. The Labute approximate surface area is 102 Å². The van der Waals surface area contributed by atoms with Gasteiger partial charge in [0, 0.05) is 19.7 Å². The summed E-state index contributed by atoms with van der Waals surface area (Å²) in [5, 5.41) is 0. The van der Waals surface area contributed by atoms with E-state index >= 15 is 0 Å². The van der Waals surface area contributed by atoms with Crippen LogP contribution in [-0.2, 0) is 4.74 Å². The van der Waals surface area contributed by atoms with E-state index in [2.05, 4.69) is 15.3 Å². The van der Waals surface area contributed by atoms with Crippen LogP contribution in [0.25, 0.3) is 0 Å². The molecule has 2 rings (SSSR count). The van der Waals surface area contributed by atoms with Crippen molar-refractivity contribution in [3.63, 3.8) is 0 Å². The first kappa shape index (κ1) is 12.1. The van der Waals surface area contributed by atoms with Crippen LogP contribution in [0, 0.1) is 0 Å². The average molecular weight is 236 g/mol. The zero-order chi connectivity index (χ0) is 12.1. The van der Waals surface area contributed by atoms with Crippen molar-refractivity contribution in [2.45, 2.75) is 25.9 Å². The summed E-state index contributed by atoms with van der Waals surface area (Å²) in [5.74, 6) is 7.03. The number of hydrogen-bond donors (Lipinski definition) is 2. The smallest absolute Gasteiger partial charge is 0.142 e. The Morgan fingerprint density at radius 3 is 3.24 bits per heavy atom. The zero-order valence-corrected chi connectivity index (χ0v) is 10.2. The lowest BCUT2D eigenvalue weighted by atomic mass is 10.1. The first-order chi connectivity index (χ1) is 8.33. The summed E-state index contributed by atoms with van der Waals surface area (Å²) in [7, 11) is 0. The van der Waals surface area contributed by atoms with E-state index in [0.717, 1.165) is 38.4 Å². The maximum absolute atomic E-state index is 5.68. The summed E-state index contributed by atoms with van der Waals surface area (Å²) in [6.45, 7) is 4.76. The third-order valence-corrected chi connectivity index (χ3v) is 2.99. The summed E-state index contributed by atoms with van der Waals surface area (Å²) in [6.07, 6.45) is 2.61. The van der Waals surface area contributed by atoms with Gasteiger partial charge in [0.25, 0.3) is 0 Å². The molecule has 1 aromatic heterocycles. The molecule has 1 aliphatic rings. The average Bonchev–Trinajstić information content (AvgIpc) is 2.40. The summed E-state index contributed by atoms with van der Waals surface area (Å²) in [6, 6.07) is 5.82. The van der Waals surface area contributed by atoms with Gasteiger partial charge in [0.05, 0.1) is 6.10 Å². The molecule has 0 aliphatic carbocycles. The van der Waals surface area contributed by atoms with E-state index in [1.807, 2.05) is 25.1 Å². The van der Waals surface area contributed by atoms with Gasteiger partial charge in [-0.05, 0) is 31.9 Å². The molecule has 3 N–H and O–H groups in total. The second-order valence-electron chi connectivity index (χ2n) is 4.19. The van der Waals surface area contributed by atoms with Gasteiger partial charge < -0.3 is 15.1 Å². The lowest BCUT2D eigenvalue weighted by molar-refractivity contribution is 0.0525. The molecule has 0 amide bonds. The fraction of sp³-hybridized carbons (Fsp3) is 0.583. The number of aromatic nitrogens is 1. The minimum Gasteiger partial charge on any atom is -0.377 e. The number of hydrogen-bond acceptors (Lipinski definition) is 5. The number of nitrogens with two attached hydrogens (primary N) is 1. The number of nitrogens with one attached hydrogen (secondary N) is 1. The SMILES string of the molecule is CCOC1CCCN(c2cccc(NN)n2)C1. The highest BCUT2D eigenvalue weighted by atomic mass is 16.5. The molecule has 0 radical (unpaired) electrons. The highest BCUT2D eigenvalue weighted by Crippen LogP contribution is 2.20. The Hall–Kier alpha value is -1.33. The molecule has 1 unspecified atom stereocenters. The van der Waals surface area contributed by atoms with Gasteiger partial charge in [0.1, 0.15) is 11.6 Å². The number of pyridine rings is 1. The fourth-order valence-electron chi connectivity index (χ4n) is 2.20. The molecule has 1 aliphatic heterocycles. The van der Waals surface area contributed by atoms with Gasteiger partial charge in [-0.1, -0.05) is 6.07 Å². The van der Waals surface area contributed by atoms with Crippen LogP contribution < -0.4 is 16.2 Å².